The van der Waals surface area contributed by atoms with Crippen molar-refractivity contribution >= 4 is 5.65 Å². The van der Waals surface area contributed by atoms with E-state index in [0.717, 1.165) is 24.7 Å². The van der Waals surface area contributed by atoms with Crippen molar-refractivity contribution in [2.45, 2.75) is 31.9 Å². The van der Waals surface area contributed by atoms with E-state index in [2.05, 4.69) is 26.5 Å². The lowest BCUT2D eigenvalue weighted by Gasteiger charge is -2.28. The van der Waals surface area contributed by atoms with E-state index in [-0.39, 0.29) is 23.3 Å². The molecule has 13 heteroatoms. The molecule has 1 saturated heterocycles. The molecule has 1 fully saturated rings. The van der Waals surface area contributed by atoms with E-state index < -0.39 is 24.3 Å². The van der Waals surface area contributed by atoms with Crippen LogP contribution in [0.4, 0.5) is 8.78 Å². The first kappa shape index (κ1) is 24.1. The molecule has 5 heterocycles. The number of rotatable bonds is 6. The highest BCUT2D eigenvalue weighted by atomic mass is 19.1. The molecular weight excluding hydrogens is 484 g/mol. The van der Waals surface area contributed by atoms with Crippen LogP contribution >= 0.6 is 0 Å². The molecule has 4 aromatic rings. The van der Waals surface area contributed by atoms with Gasteiger partial charge in [0, 0.05) is 30.8 Å². The number of aromatic nitrogens is 6. The number of likely N-dealkylation sites (tertiary alicyclic amines) is 1. The zero-order valence-corrected chi connectivity index (χ0v) is 19.7. The van der Waals surface area contributed by atoms with Gasteiger partial charge in [0.1, 0.15) is 34.6 Å². The third-order valence-electron chi connectivity index (χ3n) is 6.41. The Morgan fingerprint density at radius 1 is 1.16 bits per heavy atom. The first-order valence-electron chi connectivity index (χ1n) is 11.5. The predicted molar refractivity (Wildman–Crippen MR) is 124 cm³/mol. The van der Waals surface area contributed by atoms with Crippen molar-refractivity contribution in [1.29, 1.82) is 10.5 Å². The van der Waals surface area contributed by atoms with E-state index in [9.17, 15) is 19.1 Å². The second-order valence-corrected chi connectivity index (χ2v) is 8.63. The van der Waals surface area contributed by atoms with E-state index in [0.29, 0.717) is 36.1 Å². The topological polar surface area (TPSA) is 141 Å². The van der Waals surface area contributed by atoms with Crippen LogP contribution in [-0.4, -0.2) is 59.1 Å². The lowest BCUT2D eigenvalue weighted by atomic mass is 10.0. The lowest BCUT2D eigenvalue weighted by Crippen LogP contribution is -2.31. The molecule has 1 unspecified atom stereocenters. The number of aliphatic hydroxyl groups is 1. The summed E-state index contributed by atoms with van der Waals surface area (Å²) in [6.07, 6.45) is 4.59. The van der Waals surface area contributed by atoms with Gasteiger partial charge >= 0.3 is 0 Å². The summed E-state index contributed by atoms with van der Waals surface area (Å²) in [5.41, 5.74) is 2.17. The van der Waals surface area contributed by atoms with Crippen molar-refractivity contribution in [2.75, 3.05) is 19.7 Å². The van der Waals surface area contributed by atoms with E-state index in [1.807, 2.05) is 17.7 Å². The van der Waals surface area contributed by atoms with E-state index >= 15 is 0 Å². The number of hydrogen-bond acceptors (Lipinski definition) is 9. The Labute approximate surface area is 209 Å². The second kappa shape index (κ2) is 9.79. The Balaban J connectivity index is 1.54. The fourth-order valence-corrected chi connectivity index (χ4v) is 4.53. The molecule has 0 aliphatic carbocycles. The summed E-state index contributed by atoms with van der Waals surface area (Å²) in [5, 5.41) is 37.3. The van der Waals surface area contributed by atoms with Crippen LogP contribution in [0, 0.1) is 41.3 Å². The smallest absolute Gasteiger partial charge is 0.201 e. The number of halogens is 2. The largest absolute Gasteiger partial charge is 0.466 e. The van der Waals surface area contributed by atoms with Crippen LogP contribution in [0.3, 0.4) is 0 Å². The number of piperidine rings is 1. The third kappa shape index (κ3) is 4.41. The molecule has 0 radical (unpaired) electrons. The lowest BCUT2D eigenvalue weighted by molar-refractivity contribution is 0.104. The van der Waals surface area contributed by atoms with Gasteiger partial charge in [0.05, 0.1) is 30.7 Å². The fourth-order valence-electron chi connectivity index (χ4n) is 4.53. The highest BCUT2D eigenvalue weighted by Gasteiger charge is 2.26. The third-order valence-corrected chi connectivity index (χ3v) is 6.41. The minimum Gasteiger partial charge on any atom is -0.466 e. The molecule has 4 aromatic heterocycles. The summed E-state index contributed by atoms with van der Waals surface area (Å²) in [6.45, 7) is 2.51. The summed E-state index contributed by atoms with van der Waals surface area (Å²) < 4.78 is 37.0. The second-order valence-electron chi connectivity index (χ2n) is 8.63. The van der Waals surface area contributed by atoms with Gasteiger partial charge < -0.3 is 14.7 Å². The molecule has 1 N–H and O–H groups in total. The number of pyridine rings is 2. The number of aliphatic hydroxyl groups excluding tert-OH is 1. The quantitative estimate of drug-likeness (QED) is 0.392. The minimum absolute atomic E-state index is 0.0856. The summed E-state index contributed by atoms with van der Waals surface area (Å²) in [5.74, 6) is -1.75. The average Bonchev–Trinajstić information content (AvgIpc) is 3.50. The van der Waals surface area contributed by atoms with Gasteiger partial charge in [0.25, 0.3) is 0 Å². The maximum atomic E-state index is 14.4. The number of imidazole rings is 1. The van der Waals surface area contributed by atoms with Crippen molar-refractivity contribution in [1.82, 2.24) is 34.3 Å². The van der Waals surface area contributed by atoms with Gasteiger partial charge in [-0.25, -0.2) is 18.4 Å². The van der Waals surface area contributed by atoms with Crippen LogP contribution in [0.15, 0.2) is 30.6 Å². The molecular formula is C24H21F2N9O2. The van der Waals surface area contributed by atoms with Crippen molar-refractivity contribution < 1.29 is 18.6 Å². The van der Waals surface area contributed by atoms with Crippen LogP contribution in [0.25, 0.3) is 16.9 Å². The number of nitrogens with zero attached hydrogens (tertiary/aromatic N) is 9. The van der Waals surface area contributed by atoms with Gasteiger partial charge in [-0.15, -0.1) is 5.10 Å². The highest BCUT2D eigenvalue weighted by Crippen LogP contribution is 2.33. The standard InChI is InChI=1S/C24H21F2N9O2/c1-14-23(31-32-35(14)17-2-4-33(13-28)5-3-17)15-6-21-29-11-18(9-27)34(21)22(7-15)37-20(12-36)24-19(26)8-16(25)10-30-24/h6-8,10-11,17,20,36H,2-5,12H2,1H3. The molecule has 1 atom stereocenters. The van der Waals surface area contributed by atoms with Crippen molar-refractivity contribution in [3.63, 3.8) is 0 Å². The van der Waals surface area contributed by atoms with E-state index in [4.69, 9.17) is 10.00 Å². The Morgan fingerprint density at radius 2 is 1.95 bits per heavy atom. The normalized spacial score (nSPS) is 14.9. The molecule has 0 spiro atoms. The van der Waals surface area contributed by atoms with Gasteiger partial charge in [-0.2, -0.15) is 10.5 Å². The first-order valence-corrected chi connectivity index (χ1v) is 11.5. The van der Waals surface area contributed by atoms with Gasteiger partial charge in [0.15, 0.2) is 18.1 Å². The number of ether oxygens (including phenoxy) is 1. The maximum Gasteiger partial charge on any atom is 0.201 e. The van der Waals surface area contributed by atoms with E-state index in [1.54, 1.807) is 17.0 Å². The van der Waals surface area contributed by atoms with Crippen LogP contribution < -0.4 is 4.74 Å². The summed E-state index contributed by atoms with van der Waals surface area (Å²) >= 11 is 0. The van der Waals surface area contributed by atoms with Crippen LogP contribution in [0.2, 0.25) is 0 Å². The molecule has 188 valence electrons. The first-order chi connectivity index (χ1) is 17.9. The van der Waals surface area contributed by atoms with Crippen LogP contribution in [-0.2, 0) is 0 Å². The van der Waals surface area contributed by atoms with Gasteiger partial charge in [-0.3, -0.25) is 9.38 Å². The Kier molecular flexibility index (Phi) is 6.38. The zero-order chi connectivity index (χ0) is 26.1. The predicted octanol–water partition coefficient (Wildman–Crippen LogP) is 2.68. The summed E-state index contributed by atoms with van der Waals surface area (Å²) in [7, 11) is 0. The van der Waals surface area contributed by atoms with Gasteiger partial charge in [-0.05, 0) is 25.8 Å². The molecule has 0 saturated carbocycles. The molecule has 0 amide bonds. The van der Waals surface area contributed by atoms with Crippen molar-refractivity contribution in [3.05, 3.63) is 59.3 Å². The molecule has 0 aromatic carbocycles. The number of nitriles is 2. The van der Waals surface area contributed by atoms with Crippen molar-refractivity contribution in [2.24, 2.45) is 0 Å². The van der Waals surface area contributed by atoms with Crippen LogP contribution in [0.1, 0.15) is 42.1 Å². The zero-order valence-electron chi connectivity index (χ0n) is 19.7. The molecule has 11 nitrogen and oxygen atoms in total. The Hall–Kier alpha value is -4.62. The maximum absolute atomic E-state index is 14.4. The number of fused-ring (bicyclic) bond motifs is 1. The Morgan fingerprint density at radius 3 is 2.62 bits per heavy atom. The molecule has 1 aliphatic heterocycles. The average molecular weight is 505 g/mol. The van der Waals surface area contributed by atoms with E-state index in [1.165, 1.54) is 10.6 Å². The molecule has 37 heavy (non-hydrogen) atoms. The molecule has 1 aliphatic rings. The fraction of sp³-hybridized carbons (Fsp3) is 0.333. The van der Waals surface area contributed by atoms with Crippen molar-refractivity contribution in [3.8, 4) is 29.4 Å². The SMILES string of the molecule is Cc1c(-c2cc(OC(CO)c3ncc(F)cc3F)n3c(C#N)cnc3c2)nnn1C1CCN(C#N)CC1. The Bertz CT molecular complexity index is 1540. The monoisotopic (exact) mass is 505 g/mol. The van der Waals surface area contributed by atoms with Gasteiger partial charge in [-0.1, -0.05) is 5.21 Å². The molecule has 5 rings (SSSR count). The molecule has 0 bridgehead atoms. The summed E-state index contributed by atoms with van der Waals surface area (Å²) in [6, 6.07) is 6.09. The highest BCUT2D eigenvalue weighted by molar-refractivity contribution is 5.68. The summed E-state index contributed by atoms with van der Waals surface area (Å²) in [4.78, 5) is 9.74. The van der Waals surface area contributed by atoms with Gasteiger partial charge in [0.2, 0.25) is 5.88 Å². The minimum atomic E-state index is -1.28. The van der Waals surface area contributed by atoms with Crippen LogP contribution in [0.5, 0.6) is 5.88 Å². The number of hydrogen-bond donors (Lipinski definition) is 1.